The maximum Gasteiger partial charge on any atom is 0.240 e. The molecule has 0 saturated carbocycles. The fourth-order valence-corrected chi connectivity index (χ4v) is 3.33. The maximum atomic E-state index is 12.6. The molecule has 5 nitrogen and oxygen atoms in total. The van der Waals surface area contributed by atoms with Gasteiger partial charge in [-0.1, -0.05) is 30.3 Å². The van der Waals surface area contributed by atoms with Crippen LogP contribution in [0, 0.1) is 0 Å². The molecule has 1 fully saturated rings. The number of amides is 1. The minimum absolute atomic E-state index is 0.0835. The van der Waals surface area contributed by atoms with E-state index in [0.29, 0.717) is 13.2 Å². The van der Waals surface area contributed by atoms with Crippen LogP contribution in [-0.2, 0) is 11.2 Å². The number of nitrogens with one attached hydrogen (secondary N) is 1. The second-order valence-electron chi connectivity index (χ2n) is 7.03. The van der Waals surface area contributed by atoms with Crippen molar-refractivity contribution in [3.05, 3.63) is 60.2 Å². The smallest absolute Gasteiger partial charge is 0.240 e. The largest absolute Gasteiger partial charge is 0.497 e. The molecule has 1 heterocycles. The van der Waals surface area contributed by atoms with E-state index < -0.39 is 5.54 Å². The third kappa shape index (κ3) is 4.80. The van der Waals surface area contributed by atoms with Crippen LogP contribution < -0.4 is 14.8 Å². The normalized spacial score (nSPS) is 19.2. The molecule has 27 heavy (non-hydrogen) atoms. The predicted molar refractivity (Wildman–Crippen MR) is 106 cm³/mol. The Morgan fingerprint density at radius 2 is 1.81 bits per heavy atom. The fraction of sp³-hybridized carbons (Fsp3) is 0.409. The average molecular weight is 368 g/mol. The quantitative estimate of drug-likeness (QED) is 0.692. The minimum atomic E-state index is -0.408. The number of carbonyl (C=O) groups excluding carboxylic acids is 1. The predicted octanol–water partition coefficient (Wildman–Crippen LogP) is 2.90. The first-order valence-electron chi connectivity index (χ1n) is 9.46. The highest BCUT2D eigenvalue weighted by atomic mass is 16.5. The SMILES string of the molecule is COc1ccc(OCCNC(=O)C2(C)CCN2CCc2ccccc2)cc1. The van der Waals surface area contributed by atoms with Gasteiger partial charge in [-0.2, -0.15) is 0 Å². The van der Waals surface area contributed by atoms with Gasteiger partial charge in [0.15, 0.2) is 0 Å². The zero-order valence-corrected chi connectivity index (χ0v) is 16.1. The van der Waals surface area contributed by atoms with E-state index in [1.807, 2.05) is 37.3 Å². The molecule has 1 saturated heterocycles. The van der Waals surface area contributed by atoms with Gasteiger partial charge in [0.25, 0.3) is 0 Å². The summed E-state index contributed by atoms with van der Waals surface area (Å²) in [4.78, 5) is 14.9. The molecule has 3 rings (SSSR count). The zero-order valence-electron chi connectivity index (χ0n) is 16.1. The van der Waals surface area contributed by atoms with Gasteiger partial charge in [0.1, 0.15) is 18.1 Å². The Bertz CT molecular complexity index is 733. The Kier molecular flexibility index (Phi) is 6.35. The molecule has 1 aliphatic rings. The van der Waals surface area contributed by atoms with Crippen molar-refractivity contribution in [3.63, 3.8) is 0 Å². The second kappa shape index (κ2) is 8.91. The Morgan fingerprint density at radius 1 is 1.11 bits per heavy atom. The van der Waals surface area contributed by atoms with E-state index in [4.69, 9.17) is 9.47 Å². The lowest BCUT2D eigenvalue weighted by Gasteiger charge is -2.49. The number of nitrogens with zero attached hydrogens (tertiary/aromatic N) is 1. The van der Waals surface area contributed by atoms with Crippen molar-refractivity contribution >= 4 is 5.91 Å². The number of methoxy groups -OCH3 is 1. The summed E-state index contributed by atoms with van der Waals surface area (Å²) in [5, 5.41) is 3.02. The molecule has 5 heteroatoms. The van der Waals surface area contributed by atoms with E-state index >= 15 is 0 Å². The van der Waals surface area contributed by atoms with Gasteiger partial charge < -0.3 is 14.8 Å². The highest BCUT2D eigenvalue weighted by Crippen LogP contribution is 2.30. The van der Waals surface area contributed by atoms with E-state index in [-0.39, 0.29) is 5.91 Å². The van der Waals surface area contributed by atoms with Crippen LogP contribution >= 0.6 is 0 Å². The van der Waals surface area contributed by atoms with Crippen LogP contribution in [0.15, 0.2) is 54.6 Å². The van der Waals surface area contributed by atoms with Gasteiger partial charge in [-0.15, -0.1) is 0 Å². The summed E-state index contributed by atoms with van der Waals surface area (Å²) in [7, 11) is 1.63. The van der Waals surface area contributed by atoms with E-state index in [1.165, 1.54) is 5.56 Å². The summed E-state index contributed by atoms with van der Waals surface area (Å²) in [5.74, 6) is 1.65. The molecule has 0 aliphatic carbocycles. The summed E-state index contributed by atoms with van der Waals surface area (Å²) >= 11 is 0. The Labute approximate surface area is 161 Å². The molecule has 2 aromatic carbocycles. The molecule has 1 N–H and O–H groups in total. The lowest BCUT2D eigenvalue weighted by Crippen LogP contribution is -2.66. The zero-order chi connectivity index (χ0) is 19.1. The van der Waals surface area contributed by atoms with Crippen molar-refractivity contribution in [2.75, 3.05) is 33.4 Å². The molecule has 1 atom stereocenters. The highest BCUT2D eigenvalue weighted by molar-refractivity contribution is 5.86. The molecule has 2 aromatic rings. The fourth-order valence-electron chi connectivity index (χ4n) is 3.33. The van der Waals surface area contributed by atoms with Crippen LogP contribution in [0.1, 0.15) is 18.9 Å². The molecular formula is C22H28N2O3. The number of likely N-dealkylation sites (tertiary alicyclic amines) is 1. The van der Waals surface area contributed by atoms with Crippen molar-refractivity contribution in [3.8, 4) is 11.5 Å². The van der Waals surface area contributed by atoms with Gasteiger partial charge in [-0.25, -0.2) is 0 Å². The van der Waals surface area contributed by atoms with Gasteiger partial charge in [0, 0.05) is 13.1 Å². The molecule has 1 aliphatic heterocycles. The number of rotatable bonds is 9. The van der Waals surface area contributed by atoms with Gasteiger partial charge in [-0.3, -0.25) is 9.69 Å². The topological polar surface area (TPSA) is 50.8 Å². The van der Waals surface area contributed by atoms with Gasteiger partial charge in [0.05, 0.1) is 19.2 Å². The molecule has 0 aromatic heterocycles. The lowest BCUT2D eigenvalue weighted by molar-refractivity contribution is -0.141. The number of hydrogen-bond donors (Lipinski definition) is 1. The van der Waals surface area contributed by atoms with Crippen LogP contribution in [0.2, 0.25) is 0 Å². The molecule has 1 unspecified atom stereocenters. The van der Waals surface area contributed by atoms with E-state index in [0.717, 1.165) is 37.4 Å². The van der Waals surface area contributed by atoms with Crippen molar-refractivity contribution in [2.24, 2.45) is 0 Å². The number of hydrogen-bond acceptors (Lipinski definition) is 4. The van der Waals surface area contributed by atoms with Gasteiger partial charge >= 0.3 is 0 Å². The van der Waals surface area contributed by atoms with Gasteiger partial charge in [-0.05, 0) is 49.6 Å². The van der Waals surface area contributed by atoms with Gasteiger partial charge in [0.2, 0.25) is 5.91 Å². The third-order valence-corrected chi connectivity index (χ3v) is 5.28. The average Bonchev–Trinajstić information content (AvgIpc) is 2.71. The Hall–Kier alpha value is -2.53. The first-order chi connectivity index (χ1) is 13.1. The summed E-state index contributed by atoms with van der Waals surface area (Å²) in [6.07, 6.45) is 1.86. The molecule has 1 amide bonds. The molecule has 0 bridgehead atoms. The Morgan fingerprint density at radius 3 is 2.44 bits per heavy atom. The standard InChI is InChI=1S/C22H28N2O3/c1-22(13-16-24(22)15-12-18-6-4-3-5-7-18)21(25)23-14-17-27-20-10-8-19(26-2)9-11-20/h3-11H,12-17H2,1-2H3,(H,23,25). The van der Waals surface area contributed by atoms with Crippen molar-refractivity contribution in [1.29, 1.82) is 0 Å². The minimum Gasteiger partial charge on any atom is -0.497 e. The van der Waals surface area contributed by atoms with Crippen LogP contribution in [-0.4, -0.2) is 49.7 Å². The Balaban J connectivity index is 1.40. The van der Waals surface area contributed by atoms with E-state index in [1.54, 1.807) is 7.11 Å². The van der Waals surface area contributed by atoms with E-state index in [2.05, 4.69) is 34.5 Å². The third-order valence-electron chi connectivity index (χ3n) is 5.28. The van der Waals surface area contributed by atoms with Crippen LogP contribution in [0.4, 0.5) is 0 Å². The molecule has 0 radical (unpaired) electrons. The van der Waals surface area contributed by atoms with Crippen molar-refractivity contribution < 1.29 is 14.3 Å². The van der Waals surface area contributed by atoms with Crippen LogP contribution in [0.3, 0.4) is 0 Å². The summed E-state index contributed by atoms with van der Waals surface area (Å²) in [5.41, 5.74) is 0.898. The number of benzene rings is 2. The van der Waals surface area contributed by atoms with Crippen LogP contribution in [0.5, 0.6) is 11.5 Å². The lowest BCUT2D eigenvalue weighted by atomic mass is 9.85. The second-order valence-corrected chi connectivity index (χ2v) is 7.03. The number of ether oxygens (including phenoxy) is 2. The molecule has 144 valence electrons. The summed E-state index contributed by atoms with van der Waals surface area (Å²) in [6, 6.07) is 17.8. The number of carbonyl (C=O) groups is 1. The van der Waals surface area contributed by atoms with Crippen LogP contribution in [0.25, 0.3) is 0 Å². The first kappa shape index (κ1) is 19.2. The van der Waals surface area contributed by atoms with E-state index in [9.17, 15) is 4.79 Å². The molecule has 0 spiro atoms. The summed E-state index contributed by atoms with van der Waals surface area (Å²) < 4.78 is 10.8. The maximum absolute atomic E-state index is 12.6. The molecular weight excluding hydrogens is 340 g/mol. The summed E-state index contributed by atoms with van der Waals surface area (Å²) in [6.45, 7) is 4.84. The first-order valence-corrected chi connectivity index (χ1v) is 9.46. The highest BCUT2D eigenvalue weighted by Gasteiger charge is 2.46. The van der Waals surface area contributed by atoms with Crippen molar-refractivity contribution in [2.45, 2.75) is 25.3 Å². The monoisotopic (exact) mass is 368 g/mol. The van der Waals surface area contributed by atoms with Crippen molar-refractivity contribution in [1.82, 2.24) is 10.2 Å².